The molecule has 3 aromatic carbocycles. The fourth-order valence-corrected chi connectivity index (χ4v) is 7.07. The van der Waals surface area contributed by atoms with Gasteiger partial charge in [-0.2, -0.15) is 0 Å². The van der Waals surface area contributed by atoms with Gasteiger partial charge in [-0.1, -0.05) is 114 Å². The van der Waals surface area contributed by atoms with Crippen molar-refractivity contribution in [3.05, 3.63) is 123 Å². The number of carbonyl (C=O) groups excluding carboxylic acids is 2. The molecular weight excluding hydrogens is 748 g/mol. The molecule has 0 bridgehead atoms. The molecule has 0 saturated heterocycles. The Labute approximate surface area is 337 Å². The molecule has 2 unspecified atom stereocenters. The van der Waals surface area contributed by atoms with E-state index in [0.29, 0.717) is 27.9 Å². The average molecular weight is 797 g/mol. The summed E-state index contributed by atoms with van der Waals surface area (Å²) in [6.45, 7) is 9.05. The van der Waals surface area contributed by atoms with Crippen LogP contribution in [-0.4, -0.2) is 56.7 Å². The van der Waals surface area contributed by atoms with Crippen molar-refractivity contribution in [2.45, 2.75) is 89.8 Å². The van der Waals surface area contributed by atoms with Crippen LogP contribution in [0.25, 0.3) is 22.5 Å². The summed E-state index contributed by atoms with van der Waals surface area (Å²) in [5.74, 6) is -1.33. The number of carboxylic acids is 1. The minimum absolute atomic E-state index is 0.0388. The number of aromatic nitrogens is 2. The smallest absolute Gasteiger partial charge is 0.329 e. The van der Waals surface area contributed by atoms with E-state index in [4.69, 9.17) is 16.3 Å². The highest BCUT2D eigenvalue weighted by molar-refractivity contribution is 7.14. The summed E-state index contributed by atoms with van der Waals surface area (Å²) in [5.41, 5.74) is 3.36. The number of hydrogen-bond donors (Lipinski definition) is 4. The number of nitrogens with one attached hydrogen (secondary N) is 2. The first-order valence-electron chi connectivity index (χ1n) is 18.8. The number of ether oxygens (including phenoxy) is 1. The monoisotopic (exact) mass is 796 g/mol. The lowest BCUT2D eigenvalue weighted by Crippen LogP contribution is -2.54. The molecule has 0 aliphatic heterocycles. The fourth-order valence-electron chi connectivity index (χ4n) is 5.97. The van der Waals surface area contributed by atoms with Crippen molar-refractivity contribution >= 4 is 40.7 Å². The Morgan fingerprint density at radius 1 is 0.804 bits per heavy atom. The summed E-state index contributed by atoms with van der Waals surface area (Å²) >= 11 is 7.30. The number of benzene rings is 3. The SMILES string of the molecule is CCCCCCCOc1ccc(-c2cnc(-c3ccc(C[C@H](NC(=O)c4ccc(C(C)(C)C)s4)C(=O)NC(C(=O)O)C(O)c4ccc(Cl)cc4)cc3)nc2)cc1. The summed E-state index contributed by atoms with van der Waals surface area (Å²) in [6.07, 6.45) is 7.94. The van der Waals surface area contributed by atoms with Crippen molar-refractivity contribution in [2.24, 2.45) is 0 Å². The minimum Gasteiger partial charge on any atom is -0.494 e. The van der Waals surface area contributed by atoms with Crippen molar-refractivity contribution in [3.8, 4) is 28.3 Å². The molecule has 0 radical (unpaired) electrons. The van der Waals surface area contributed by atoms with Crippen LogP contribution in [0.4, 0.5) is 0 Å². The van der Waals surface area contributed by atoms with Crippen LogP contribution in [0.2, 0.25) is 5.02 Å². The van der Waals surface area contributed by atoms with E-state index in [1.54, 1.807) is 18.5 Å². The van der Waals surface area contributed by atoms with Crippen molar-refractivity contribution in [1.29, 1.82) is 0 Å². The number of amides is 2. The number of aliphatic hydroxyl groups is 1. The van der Waals surface area contributed by atoms with E-state index in [1.807, 2.05) is 75.4 Å². The number of nitrogens with zero attached hydrogens (tertiary/aromatic N) is 2. The fraction of sp³-hybridized carbons (Fsp3) is 0.341. The van der Waals surface area contributed by atoms with Gasteiger partial charge in [0.15, 0.2) is 11.9 Å². The molecule has 2 amide bonds. The van der Waals surface area contributed by atoms with E-state index in [0.717, 1.165) is 33.7 Å². The first-order valence-corrected chi connectivity index (χ1v) is 20.0. The largest absolute Gasteiger partial charge is 0.494 e. The predicted octanol–water partition coefficient (Wildman–Crippen LogP) is 8.82. The maximum atomic E-state index is 13.8. The van der Waals surface area contributed by atoms with Crippen molar-refractivity contribution < 1.29 is 29.3 Å². The summed E-state index contributed by atoms with van der Waals surface area (Å²) in [4.78, 5) is 50.2. The molecule has 10 nitrogen and oxygen atoms in total. The third-order valence-corrected chi connectivity index (χ3v) is 11.1. The zero-order chi connectivity index (χ0) is 40.2. The minimum atomic E-state index is -1.70. The van der Waals surface area contributed by atoms with Gasteiger partial charge < -0.3 is 25.6 Å². The number of aliphatic carboxylic acids is 1. The zero-order valence-corrected chi connectivity index (χ0v) is 33.7. The van der Waals surface area contributed by atoms with Crippen LogP contribution in [0.1, 0.15) is 91.6 Å². The maximum absolute atomic E-state index is 13.8. The van der Waals surface area contributed by atoms with Gasteiger partial charge in [-0.3, -0.25) is 9.59 Å². The third kappa shape index (κ3) is 11.7. The lowest BCUT2D eigenvalue weighted by Gasteiger charge is -2.24. The van der Waals surface area contributed by atoms with Gasteiger partial charge in [0.25, 0.3) is 5.91 Å². The summed E-state index contributed by atoms with van der Waals surface area (Å²) in [7, 11) is 0. The molecule has 0 saturated carbocycles. The Hall–Kier alpha value is -5.10. The van der Waals surface area contributed by atoms with E-state index in [9.17, 15) is 24.6 Å². The number of carboxylic acid groups (broad SMARTS) is 1. The molecule has 0 spiro atoms. The topological polar surface area (TPSA) is 151 Å². The van der Waals surface area contributed by atoms with Crippen molar-refractivity contribution in [1.82, 2.24) is 20.6 Å². The molecular formula is C44H49ClN4O6S. The molecule has 12 heteroatoms. The van der Waals surface area contributed by atoms with Gasteiger partial charge in [-0.25, -0.2) is 14.8 Å². The number of thiophene rings is 1. The number of unbranched alkanes of at least 4 members (excludes halogenated alkanes) is 4. The second-order valence-electron chi connectivity index (χ2n) is 14.7. The van der Waals surface area contributed by atoms with E-state index in [-0.39, 0.29) is 17.4 Å². The second-order valence-corrected chi connectivity index (χ2v) is 16.3. The summed E-state index contributed by atoms with van der Waals surface area (Å²) in [5, 5.41) is 26.6. The van der Waals surface area contributed by atoms with Crippen molar-refractivity contribution in [2.75, 3.05) is 6.61 Å². The zero-order valence-electron chi connectivity index (χ0n) is 32.1. The molecule has 0 aliphatic rings. The highest BCUT2D eigenvalue weighted by atomic mass is 35.5. The summed E-state index contributed by atoms with van der Waals surface area (Å²) < 4.78 is 5.90. The normalized spacial score (nSPS) is 13.0. The Balaban J connectivity index is 1.28. The molecule has 2 heterocycles. The van der Waals surface area contributed by atoms with Gasteiger partial charge in [0.2, 0.25) is 5.91 Å². The van der Waals surface area contributed by atoms with Gasteiger partial charge in [-0.15, -0.1) is 11.3 Å². The van der Waals surface area contributed by atoms with Gasteiger partial charge in [-0.05, 0) is 64.9 Å². The number of hydrogen-bond acceptors (Lipinski definition) is 8. The molecule has 56 heavy (non-hydrogen) atoms. The van der Waals surface area contributed by atoms with E-state index in [1.165, 1.54) is 61.3 Å². The molecule has 2 aromatic heterocycles. The second kappa shape index (κ2) is 19.7. The van der Waals surface area contributed by atoms with Crippen LogP contribution in [0.15, 0.2) is 97.3 Å². The molecule has 0 aliphatic carbocycles. The molecule has 294 valence electrons. The number of halogens is 1. The van der Waals surface area contributed by atoms with E-state index >= 15 is 0 Å². The molecule has 4 N–H and O–H groups in total. The molecule has 5 rings (SSSR count). The highest BCUT2D eigenvalue weighted by Gasteiger charge is 2.33. The van der Waals surface area contributed by atoms with Crippen LogP contribution in [0.3, 0.4) is 0 Å². The summed E-state index contributed by atoms with van der Waals surface area (Å²) in [6, 6.07) is 21.9. The number of carbonyl (C=O) groups is 3. The van der Waals surface area contributed by atoms with Gasteiger partial charge >= 0.3 is 5.97 Å². The van der Waals surface area contributed by atoms with Gasteiger partial charge in [0.1, 0.15) is 17.9 Å². The van der Waals surface area contributed by atoms with Gasteiger partial charge in [0, 0.05) is 39.8 Å². The van der Waals surface area contributed by atoms with E-state index < -0.39 is 36.0 Å². The Morgan fingerprint density at radius 2 is 1.45 bits per heavy atom. The Kier molecular flexibility index (Phi) is 14.8. The quantitative estimate of drug-likeness (QED) is 0.0643. The first-order chi connectivity index (χ1) is 26.8. The average Bonchev–Trinajstić information content (AvgIpc) is 3.71. The third-order valence-electron chi connectivity index (χ3n) is 9.29. The van der Waals surface area contributed by atoms with Crippen LogP contribution in [-0.2, 0) is 21.4 Å². The Bertz CT molecular complexity index is 2050. The van der Waals surface area contributed by atoms with Crippen LogP contribution < -0.4 is 15.4 Å². The number of rotatable bonds is 18. The standard InChI is InChI=1S/C44H49ClN4O6S/c1-5-6-7-8-9-24-55-34-20-16-29(17-21-34)32-26-46-40(47-27-32)31-12-10-28(11-13-31)25-35(48-42(52)36-22-23-37(56-36)44(2,3)4)41(51)49-38(43(53)54)39(50)30-14-18-33(45)19-15-30/h10-23,26-27,35,38-39,50H,5-9,24-25H2,1-4H3,(H,48,52)(H,49,51)(H,53,54)/t35-,38?,39?/m0/s1. The van der Waals surface area contributed by atoms with Crippen LogP contribution in [0, 0.1) is 0 Å². The predicted molar refractivity (Wildman–Crippen MR) is 221 cm³/mol. The maximum Gasteiger partial charge on any atom is 0.329 e. The first kappa shape index (κ1) is 42.1. The lowest BCUT2D eigenvalue weighted by atomic mass is 9.95. The highest BCUT2D eigenvalue weighted by Crippen LogP contribution is 2.30. The number of aliphatic hydroxyl groups excluding tert-OH is 1. The van der Waals surface area contributed by atoms with Crippen molar-refractivity contribution in [3.63, 3.8) is 0 Å². The van der Waals surface area contributed by atoms with E-state index in [2.05, 4.69) is 27.5 Å². The lowest BCUT2D eigenvalue weighted by molar-refractivity contribution is -0.145. The Morgan fingerprint density at radius 3 is 2.05 bits per heavy atom. The molecule has 5 aromatic rings. The molecule has 3 atom stereocenters. The molecule has 0 fully saturated rings. The van der Waals surface area contributed by atoms with Crippen LogP contribution >= 0.6 is 22.9 Å². The van der Waals surface area contributed by atoms with Gasteiger partial charge in [0.05, 0.1) is 11.5 Å². The van der Waals surface area contributed by atoms with Crippen LogP contribution in [0.5, 0.6) is 5.75 Å².